The van der Waals surface area contributed by atoms with E-state index >= 15 is 0 Å². The Labute approximate surface area is 403 Å². The minimum Gasteiger partial charge on any atom is -0.462 e. The van der Waals surface area contributed by atoms with Crippen molar-refractivity contribution in [3.8, 4) is 0 Å². The molecule has 16 atom stereocenters. The summed E-state index contributed by atoms with van der Waals surface area (Å²) < 4.78 is 29.8. The summed E-state index contributed by atoms with van der Waals surface area (Å²) >= 11 is 0. The van der Waals surface area contributed by atoms with Gasteiger partial charge in [-0.3, -0.25) is 19.3 Å². The molecule has 3 N–H and O–H groups in total. The van der Waals surface area contributed by atoms with Crippen LogP contribution in [-0.4, -0.2) is 140 Å². The van der Waals surface area contributed by atoms with Gasteiger partial charge in [0.25, 0.3) is 0 Å². The Balaban J connectivity index is 3.50. The van der Waals surface area contributed by atoms with E-state index in [1.807, 2.05) is 53.7 Å². The lowest BCUT2D eigenvalue weighted by Gasteiger charge is -2.35. The number of carbonyl (C=O) groups excluding carboxylic acids is 4. The number of aliphatic hydroxyl groups excluding tert-OH is 3. The number of carbonyl (C=O) groups is 4. The van der Waals surface area contributed by atoms with Crippen LogP contribution < -0.4 is 0 Å². The predicted molar refractivity (Wildman–Crippen MR) is 263 cm³/mol. The molecule has 0 fully saturated rings. The van der Waals surface area contributed by atoms with Gasteiger partial charge in [-0.2, -0.15) is 0 Å². The first-order valence-electron chi connectivity index (χ1n) is 24.4. The van der Waals surface area contributed by atoms with Crippen LogP contribution >= 0.6 is 0 Å². The van der Waals surface area contributed by atoms with Crippen LogP contribution in [0, 0.1) is 41.4 Å². The van der Waals surface area contributed by atoms with Gasteiger partial charge in [0.1, 0.15) is 24.4 Å². The summed E-state index contributed by atoms with van der Waals surface area (Å²) in [6, 6.07) is -0.551. The van der Waals surface area contributed by atoms with Crippen LogP contribution in [-0.2, 0) is 42.9 Å². The van der Waals surface area contributed by atoms with Gasteiger partial charge in [0.05, 0.1) is 30.5 Å². The molecule has 0 aromatic carbocycles. The SMILES string of the molecule is CO[C@H]1CC[C@@H](C)[C@@H](O)[C@H](C)[C@H](O)C/C=C/C=C/C(=O)O[C@H]([C@@H](C)[C@@H](O)[C@@H](C)CC[C@@H](OC(=O)[C@H](C)N(C)C)[C@H](C)[C@H](OC(C)=O)[C@H](C)/C=C/N(C)C=O)C/C=C/[C@H](OC)C[C@H](C)CC=C1C. The zero-order valence-corrected chi connectivity index (χ0v) is 43.6. The van der Waals surface area contributed by atoms with Crippen LogP contribution in [0.5, 0.6) is 0 Å². The molecule has 0 unspecified atom stereocenters. The Hall–Kier alpha value is -3.66. The molecule has 0 bridgehead atoms. The number of allylic oxidation sites excluding steroid dienone is 3. The van der Waals surface area contributed by atoms with E-state index in [-0.39, 0.29) is 48.2 Å². The Morgan fingerprint density at radius 3 is 2.19 bits per heavy atom. The van der Waals surface area contributed by atoms with Gasteiger partial charge in [0.15, 0.2) is 0 Å². The van der Waals surface area contributed by atoms with Crippen molar-refractivity contribution in [3.63, 3.8) is 0 Å². The molecular weight excluding hydrogens is 857 g/mol. The fraction of sp³-hybridized carbons (Fsp3) is 0.736. The number of hydrogen-bond donors (Lipinski definition) is 3. The van der Waals surface area contributed by atoms with E-state index in [9.17, 15) is 34.5 Å². The number of aliphatic hydroxyl groups is 3. The van der Waals surface area contributed by atoms with Crippen LogP contribution in [0.3, 0.4) is 0 Å². The van der Waals surface area contributed by atoms with Gasteiger partial charge >= 0.3 is 17.9 Å². The molecule has 0 aromatic heterocycles. The first-order valence-corrected chi connectivity index (χ1v) is 24.4. The molecule has 1 aliphatic rings. The number of cyclic esters (lactones) is 1. The molecular formula is C53H90N2O12. The van der Waals surface area contributed by atoms with Crippen molar-refractivity contribution in [2.75, 3.05) is 35.4 Å². The van der Waals surface area contributed by atoms with Crippen molar-refractivity contribution < 1.29 is 58.2 Å². The van der Waals surface area contributed by atoms with E-state index in [1.54, 1.807) is 77.7 Å². The summed E-state index contributed by atoms with van der Waals surface area (Å²) in [6.45, 7) is 18.6. The standard InChI is InChI=1S/C53H90N2O12/c1-34-24-25-35(2)46(64-15)28-26-36(3)50(60)39(6)45(58)21-17-16-18-23-49(59)66-47(22-19-20-44(32-34)63-14)40(7)51(61)37(4)27-29-48(67-53(62)42(9)54(11)12)41(8)52(65-43(10)57)38(5)30-31-55(13)33-56/h16-20,23,25,30-31,33-34,36-42,44-48,50-52,58,60-61H,21-22,24,26-29,32H2,1-15H3/b17-16+,20-19+,23-18+,31-30+,35-25?/t34-,36-,37+,38-,39-,40-,41+,42+,44+,45-,46+,47+,48-,50-,51+,52-/m1/s1. The number of amides is 1. The van der Waals surface area contributed by atoms with E-state index in [1.165, 1.54) is 17.9 Å². The van der Waals surface area contributed by atoms with Crippen molar-refractivity contribution in [2.45, 2.75) is 175 Å². The fourth-order valence-electron chi connectivity index (χ4n) is 8.43. The Morgan fingerprint density at radius 2 is 1.60 bits per heavy atom. The maximum atomic E-state index is 13.4. The second-order valence-corrected chi connectivity index (χ2v) is 19.6. The largest absolute Gasteiger partial charge is 0.462 e. The van der Waals surface area contributed by atoms with E-state index in [0.29, 0.717) is 25.7 Å². The normalized spacial score (nSPS) is 29.6. The van der Waals surface area contributed by atoms with Gasteiger partial charge in [-0.15, -0.1) is 0 Å². The van der Waals surface area contributed by atoms with Crippen LogP contribution in [0.15, 0.2) is 60.4 Å². The third-order valence-electron chi connectivity index (χ3n) is 13.7. The van der Waals surface area contributed by atoms with Gasteiger partial charge in [0, 0.05) is 70.6 Å². The lowest BCUT2D eigenvalue weighted by Crippen LogP contribution is -2.43. The molecule has 384 valence electrons. The lowest BCUT2D eigenvalue weighted by atomic mass is 9.82. The first kappa shape index (κ1) is 61.4. The smallest absolute Gasteiger partial charge is 0.331 e. The fourth-order valence-corrected chi connectivity index (χ4v) is 8.43. The van der Waals surface area contributed by atoms with Gasteiger partial charge < -0.3 is 43.9 Å². The van der Waals surface area contributed by atoms with Crippen molar-refractivity contribution in [2.24, 2.45) is 41.4 Å². The average molecular weight is 947 g/mol. The molecule has 1 aliphatic heterocycles. The molecule has 0 spiro atoms. The molecule has 0 aliphatic carbocycles. The number of esters is 3. The number of likely N-dealkylation sites (N-methyl/N-ethyl adjacent to an activating group) is 1. The number of rotatable bonds is 18. The highest BCUT2D eigenvalue weighted by Gasteiger charge is 2.37. The molecule has 0 radical (unpaired) electrons. The van der Waals surface area contributed by atoms with Crippen LogP contribution in [0.1, 0.15) is 121 Å². The number of hydrogen-bond acceptors (Lipinski definition) is 13. The Bertz CT molecular complexity index is 1610. The third kappa shape index (κ3) is 22.5. The first-order chi connectivity index (χ1) is 31.5. The highest BCUT2D eigenvalue weighted by molar-refractivity contribution is 5.82. The summed E-state index contributed by atoms with van der Waals surface area (Å²) in [4.78, 5) is 53.5. The summed E-state index contributed by atoms with van der Waals surface area (Å²) in [5.74, 6) is -3.39. The van der Waals surface area contributed by atoms with Gasteiger partial charge in [-0.1, -0.05) is 91.0 Å². The maximum absolute atomic E-state index is 13.4. The quantitative estimate of drug-likeness (QED) is 0.0529. The Kier molecular flexibility index (Phi) is 29.5. The van der Waals surface area contributed by atoms with E-state index in [4.69, 9.17) is 23.7 Å². The minimum absolute atomic E-state index is 0.0566. The summed E-state index contributed by atoms with van der Waals surface area (Å²) in [7, 11) is 8.54. The van der Waals surface area contributed by atoms with E-state index in [2.05, 4.69) is 19.9 Å². The molecule has 0 saturated carbocycles. The second kappa shape index (κ2) is 32.2. The van der Waals surface area contributed by atoms with Crippen molar-refractivity contribution in [3.05, 3.63) is 60.4 Å². The number of nitrogens with zero attached hydrogens (tertiary/aromatic N) is 2. The van der Waals surface area contributed by atoms with Crippen molar-refractivity contribution >= 4 is 24.3 Å². The van der Waals surface area contributed by atoms with Gasteiger partial charge in [-0.25, -0.2) is 4.79 Å². The monoisotopic (exact) mass is 947 g/mol. The van der Waals surface area contributed by atoms with E-state index in [0.717, 1.165) is 31.3 Å². The highest BCUT2D eigenvalue weighted by Crippen LogP contribution is 2.31. The van der Waals surface area contributed by atoms with Crippen LogP contribution in [0.4, 0.5) is 0 Å². The second-order valence-electron chi connectivity index (χ2n) is 19.6. The van der Waals surface area contributed by atoms with Crippen molar-refractivity contribution in [1.82, 2.24) is 9.80 Å². The minimum atomic E-state index is -0.940. The number of ether oxygens (including phenoxy) is 5. The molecule has 67 heavy (non-hydrogen) atoms. The summed E-state index contributed by atoms with van der Waals surface area (Å²) in [5.41, 5.74) is 1.13. The predicted octanol–water partition coefficient (Wildman–Crippen LogP) is 7.61. The third-order valence-corrected chi connectivity index (χ3v) is 13.7. The Morgan fingerprint density at radius 1 is 0.925 bits per heavy atom. The topological polar surface area (TPSA) is 182 Å². The average Bonchev–Trinajstić information content (AvgIpc) is 3.29. The van der Waals surface area contributed by atoms with Gasteiger partial charge in [-0.05, 0) is 96.2 Å². The molecule has 14 heteroatoms. The van der Waals surface area contributed by atoms with Crippen LogP contribution in [0.2, 0.25) is 0 Å². The molecule has 1 amide bonds. The molecule has 1 heterocycles. The molecule has 0 aromatic rings. The lowest BCUT2D eigenvalue weighted by molar-refractivity contribution is -0.165. The molecule has 0 saturated heterocycles. The summed E-state index contributed by atoms with van der Waals surface area (Å²) in [5, 5.41) is 34.0. The van der Waals surface area contributed by atoms with Gasteiger partial charge in [0.2, 0.25) is 6.41 Å². The van der Waals surface area contributed by atoms with E-state index < -0.39 is 72.4 Å². The zero-order chi connectivity index (χ0) is 51.0. The van der Waals surface area contributed by atoms with Crippen LogP contribution in [0.25, 0.3) is 0 Å². The zero-order valence-electron chi connectivity index (χ0n) is 43.6. The highest BCUT2D eigenvalue weighted by atomic mass is 16.6. The maximum Gasteiger partial charge on any atom is 0.331 e. The molecule has 14 nitrogen and oxygen atoms in total. The molecule has 1 rings (SSSR count). The summed E-state index contributed by atoms with van der Waals surface area (Å²) in [6.07, 6.45) is 15.9. The van der Waals surface area contributed by atoms with Crippen molar-refractivity contribution in [1.29, 1.82) is 0 Å². The number of methoxy groups -OCH3 is 2.